The number of carbonyl (C=O) groups excluding carboxylic acids is 1. The molecule has 0 unspecified atom stereocenters. The van der Waals surface area contributed by atoms with Gasteiger partial charge in [-0.3, -0.25) is 4.79 Å². The molecule has 0 aliphatic carbocycles. The van der Waals surface area contributed by atoms with Gasteiger partial charge >= 0.3 is 5.97 Å². The summed E-state index contributed by atoms with van der Waals surface area (Å²) in [6, 6.07) is 0.0786. The van der Waals surface area contributed by atoms with Crippen molar-refractivity contribution in [1.82, 2.24) is 20.3 Å². The quantitative estimate of drug-likeness (QED) is 0.845. The van der Waals surface area contributed by atoms with Crippen LogP contribution in [0.3, 0.4) is 0 Å². The Kier molecular flexibility index (Phi) is 4.86. The topological polar surface area (TPSA) is 97.1 Å². The van der Waals surface area contributed by atoms with Crippen LogP contribution in [0.25, 0.3) is 0 Å². The molecule has 1 aromatic heterocycles. The first-order valence-corrected chi connectivity index (χ1v) is 6.59. The van der Waals surface area contributed by atoms with Gasteiger partial charge in [0.1, 0.15) is 0 Å². The van der Waals surface area contributed by atoms with Crippen LogP contribution in [-0.4, -0.2) is 38.0 Å². The molecule has 1 aromatic rings. The zero-order valence-electron chi connectivity index (χ0n) is 12.6. The molecule has 0 saturated carbocycles. The van der Waals surface area contributed by atoms with Crippen molar-refractivity contribution in [3.05, 3.63) is 11.4 Å². The van der Waals surface area contributed by atoms with Crippen LogP contribution < -0.4 is 5.32 Å². The third-order valence-electron chi connectivity index (χ3n) is 2.65. The Morgan fingerprint density at radius 3 is 2.40 bits per heavy atom. The number of carbonyl (C=O) groups is 2. The van der Waals surface area contributed by atoms with Gasteiger partial charge in [0.05, 0.1) is 12.2 Å². The van der Waals surface area contributed by atoms with E-state index in [-0.39, 0.29) is 24.1 Å². The van der Waals surface area contributed by atoms with Crippen molar-refractivity contribution in [2.75, 3.05) is 0 Å². The van der Waals surface area contributed by atoms with Gasteiger partial charge in [-0.1, -0.05) is 26.0 Å². The summed E-state index contributed by atoms with van der Waals surface area (Å²) in [4.78, 5) is 22.8. The lowest BCUT2D eigenvalue weighted by Crippen LogP contribution is -2.31. The second-order valence-electron chi connectivity index (χ2n) is 6.04. The number of aromatic carboxylic acids is 1. The molecule has 0 fully saturated rings. The van der Waals surface area contributed by atoms with Gasteiger partial charge in [0, 0.05) is 17.9 Å². The maximum absolute atomic E-state index is 11.6. The molecule has 0 radical (unpaired) electrons. The molecule has 1 amide bonds. The molecule has 0 aliphatic rings. The van der Waals surface area contributed by atoms with Crippen LogP contribution in [0.1, 0.15) is 57.2 Å². The van der Waals surface area contributed by atoms with E-state index in [2.05, 4.69) is 15.6 Å². The van der Waals surface area contributed by atoms with Gasteiger partial charge in [-0.25, -0.2) is 9.48 Å². The minimum Gasteiger partial charge on any atom is -0.476 e. The summed E-state index contributed by atoms with van der Waals surface area (Å²) in [5, 5.41) is 19.5. The highest BCUT2D eigenvalue weighted by Crippen LogP contribution is 2.24. The van der Waals surface area contributed by atoms with Crippen LogP contribution in [0.5, 0.6) is 0 Å². The minimum absolute atomic E-state index is 0.0539. The second-order valence-corrected chi connectivity index (χ2v) is 6.04. The van der Waals surface area contributed by atoms with Crippen LogP contribution >= 0.6 is 0 Å². The molecule has 1 heterocycles. The van der Waals surface area contributed by atoms with Crippen molar-refractivity contribution in [3.8, 4) is 0 Å². The van der Waals surface area contributed by atoms with Crippen molar-refractivity contribution >= 4 is 11.9 Å². The molecule has 1 rings (SSSR count). The number of nitrogens with zero attached hydrogens (tertiary/aromatic N) is 3. The lowest BCUT2D eigenvalue weighted by molar-refractivity contribution is -0.121. The molecular formula is C13H22N4O3. The monoisotopic (exact) mass is 282 g/mol. The lowest BCUT2D eigenvalue weighted by atomic mass is 9.90. The first-order chi connectivity index (χ1) is 9.12. The number of nitrogens with one attached hydrogen (secondary N) is 1. The third kappa shape index (κ3) is 4.04. The minimum atomic E-state index is -1.10. The Morgan fingerprint density at radius 1 is 1.35 bits per heavy atom. The van der Waals surface area contributed by atoms with E-state index in [0.29, 0.717) is 12.2 Å². The van der Waals surface area contributed by atoms with Crippen molar-refractivity contribution in [2.24, 2.45) is 0 Å². The molecule has 7 heteroatoms. The van der Waals surface area contributed by atoms with Crippen molar-refractivity contribution in [3.63, 3.8) is 0 Å². The van der Waals surface area contributed by atoms with E-state index in [1.807, 2.05) is 34.6 Å². The standard InChI is InChI=1S/C13H22N4O3/c1-8(2)14-9(18)6-7-17-11(13(3,4)5)10(12(19)20)15-16-17/h8H,6-7H2,1-5H3,(H,14,18)(H,19,20). The number of carboxylic acid groups (broad SMARTS) is 1. The highest BCUT2D eigenvalue weighted by Gasteiger charge is 2.28. The Bertz CT molecular complexity index is 500. The Hall–Kier alpha value is -1.92. The van der Waals surface area contributed by atoms with E-state index in [9.17, 15) is 9.59 Å². The number of aromatic nitrogens is 3. The maximum atomic E-state index is 11.6. The smallest absolute Gasteiger partial charge is 0.358 e. The highest BCUT2D eigenvalue weighted by molar-refractivity contribution is 5.86. The van der Waals surface area contributed by atoms with Crippen LogP contribution in [0, 0.1) is 0 Å². The van der Waals surface area contributed by atoms with Gasteiger partial charge in [-0.05, 0) is 13.8 Å². The van der Waals surface area contributed by atoms with Crippen molar-refractivity contribution in [2.45, 2.75) is 59.0 Å². The van der Waals surface area contributed by atoms with Crippen molar-refractivity contribution < 1.29 is 14.7 Å². The number of hydrogen-bond donors (Lipinski definition) is 2. The zero-order valence-corrected chi connectivity index (χ0v) is 12.6. The lowest BCUT2D eigenvalue weighted by Gasteiger charge is -2.20. The predicted molar refractivity (Wildman–Crippen MR) is 73.6 cm³/mol. The number of hydrogen-bond acceptors (Lipinski definition) is 4. The zero-order chi connectivity index (χ0) is 15.5. The van der Waals surface area contributed by atoms with E-state index >= 15 is 0 Å². The second kappa shape index (κ2) is 6.02. The molecule has 0 saturated heterocycles. The molecule has 0 atom stereocenters. The maximum Gasteiger partial charge on any atom is 0.358 e. The summed E-state index contributed by atoms with van der Waals surface area (Å²) < 4.78 is 1.50. The fourth-order valence-electron chi connectivity index (χ4n) is 1.96. The first kappa shape index (κ1) is 16.1. The van der Waals surface area contributed by atoms with E-state index < -0.39 is 11.4 Å². The summed E-state index contributed by atoms with van der Waals surface area (Å²) in [6.45, 7) is 9.76. The Labute approximate surface area is 118 Å². The molecule has 7 nitrogen and oxygen atoms in total. The molecular weight excluding hydrogens is 260 g/mol. The third-order valence-corrected chi connectivity index (χ3v) is 2.65. The molecule has 112 valence electrons. The fraction of sp³-hybridized carbons (Fsp3) is 0.692. The van der Waals surface area contributed by atoms with E-state index in [4.69, 9.17) is 5.11 Å². The average Bonchev–Trinajstić information content (AvgIpc) is 2.68. The molecule has 2 N–H and O–H groups in total. The summed E-state index contributed by atoms with van der Waals surface area (Å²) >= 11 is 0. The number of carboxylic acids is 1. The molecule has 20 heavy (non-hydrogen) atoms. The van der Waals surface area contributed by atoms with Gasteiger partial charge < -0.3 is 10.4 Å². The first-order valence-electron chi connectivity index (χ1n) is 6.59. The summed E-state index contributed by atoms with van der Waals surface area (Å²) in [5.74, 6) is -1.19. The molecule has 0 spiro atoms. The molecule has 0 bridgehead atoms. The SMILES string of the molecule is CC(C)NC(=O)CCn1nnc(C(=O)O)c1C(C)(C)C. The molecule has 0 aromatic carbocycles. The van der Waals surface area contributed by atoms with E-state index in [1.165, 1.54) is 4.68 Å². The summed E-state index contributed by atoms with van der Waals surface area (Å²) in [7, 11) is 0. The highest BCUT2D eigenvalue weighted by atomic mass is 16.4. The van der Waals surface area contributed by atoms with Crippen LogP contribution in [0.2, 0.25) is 0 Å². The van der Waals surface area contributed by atoms with Gasteiger partial charge in [0.2, 0.25) is 5.91 Å². The number of aryl methyl sites for hydroxylation is 1. The predicted octanol–water partition coefficient (Wildman–Crippen LogP) is 1.19. The average molecular weight is 282 g/mol. The Morgan fingerprint density at radius 2 is 1.95 bits per heavy atom. The Balaban J connectivity index is 2.91. The van der Waals surface area contributed by atoms with Gasteiger partial charge in [0.15, 0.2) is 5.69 Å². The van der Waals surface area contributed by atoms with Gasteiger partial charge in [-0.2, -0.15) is 0 Å². The summed E-state index contributed by atoms with van der Waals surface area (Å²) in [6.07, 6.45) is 0.240. The van der Waals surface area contributed by atoms with Crippen LogP contribution in [0.15, 0.2) is 0 Å². The normalized spacial score (nSPS) is 11.7. The number of rotatable bonds is 5. The fourth-order valence-corrected chi connectivity index (χ4v) is 1.96. The summed E-state index contributed by atoms with van der Waals surface area (Å²) in [5.41, 5.74) is 0.0651. The largest absolute Gasteiger partial charge is 0.476 e. The van der Waals surface area contributed by atoms with Crippen molar-refractivity contribution in [1.29, 1.82) is 0 Å². The van der Waals surface area contributed by atoms with Crippen LogP contribution in [-0.2, 0) is 16.8 Å². The van der Waals surface area contributed by atoms with Gasteiger partial charge in [0.25, 0.3) is 0 Å². The van der Waals surface area contributed by atoms with Gasteiger partial charge in [-0.15, -0.1) is 5.10 Å². The van der Waals surface area contributed by atoms with Crippen LogP contribution in [0.4, 0.5) is 0 Å². The van der Waals surface area contributed by atoms with E-state index in [1.54, 1.807) is 0 Å². The molecule has 0 aliphatic heterocycles. The number of amides is 1. The van der Waals surface area contributed by atoms with E-state index in [0.717, 1.165) is 0 Å².